The number of aromatic nitrogens is 1. The Bertz CT molecular complexity index is 479. The molecule has 6 heteroatoms. The Morgan fingerprint density at radius 3 is 2.76 bits per heavy atom. The molecular formula is C11H14N2O4. The number of nitrogens with one attached hydrogen (secondary N) is 1. The molecule has 1 heterocycles. The Morgan fingerprint density at radius 2 is 2.18 bits per heavy atom. The molecule has 0 aliphatic carbocycles. The van der Waals surface area contributed by atoms with Crippen LogP contribution in [0.5, 0.6) is 0 Å². The molecule has 0 radical (unpaired) electrons. The van der Waals surface area contributed by atoms with Crippen LogP contribution >= 0.6 is 0 Å². The van der Waals surface area contributed by atoms with Crippen molar-refractivity contribution in [2.24, 2.45) is 7.05 Å². The summed E-state index contributed by atoms with van der Waals surface area (Å²) in [4.78, 5) is 33.6. The number of methoxy groups -OCH3 is 1. The molecule has 0 saturated heterocycles. The van der Waals surface area contributed by atoms with E-state index in [1.807, 2.05) is 0 Å². The summed E-state index contributed by atoms with van der Waals surface area (Å²) >= 11 is 0. The number of ether oxygens (including phenoxy) is 1. The number of amides is 1. The van der Waals surface area contributed by atoms with Crippen LogP contribution in [0.1, 0.15) is 16.8 Å². The number of pyridine rings is 1. The number of hydrogen-bond donors (Lipinski definition) is 1. The van der Waals surface area contributed by atoms with Gasteiger partial charge in [-0.1, -0.05) is 0 Å². The Labute approximate surface area is 98.2 Å². The Kier molecular flexibility index (Phi) is 4.45. The number of hydrogen-bond acceptors (Lipinski definition) is 4. The minimum atomic E-state index is -0.394. The number of nitrogens with zero attached hydrogens (tertiary/aromatic N) is 1. The van der Waals surface area contributed by atoms with Crippen LogP contribution in [0, 0.1) is 0 Å². The molecule has 0 spiro atoms. The van der Waals surface area contributed by atoms with E-state index in [4.69, 9.17) is 0 Å². The van der Waals surface area contributed by atoms with Crippen molar-refractivity contribution in [3.05, 3.63) is 34.2 Å². The molecule has 1 rings (SSSR count). The molecule has 6 nitrogen and oxygen atoms in total. The van der Waals surface area contributed by atoms with Crippen LogP contribution in [0.15, 0.2) is 23.1 Å². The number of carbonyl (C=O) groups excluding carboxylic acids is 2. The van der Waals surface area contributed by atoms with Crippen molar-refractivity contribution in [3.8, 4) is 0 Å². The predicted octanol–water partition coefficient (Wildman–Crippen LogP) is -0.322. The molecule has 17 heavy (non-hydrogen) atoms. The summed E-state index contributed by atoms with van der Waals surface area (Å²) in [6.07, 6.45) is 1.62. The van der Waals surface area contributed by atoms with Crippen LogP contribution in [0.2, 0.25) is 0 Å². The van der Waals surface area contributed by atoms with Gasteiger partial charge in [-0.15, -0.1) is 0 Å². The third kappa shape index (κ3) is 3.75. The van der Waals surface area contributed by atoms with Crippen molar-refractivity contribution in [2.75, 3.05) is 13.7 Å². The first-order chi connectivity index (χ1) is 8.04. The number of rotatable bonds is 4. The van der Waals surface area contributed by atoms with Crippen LogP contribution in [-0.2, 0) is 16.6 Å². The molecule has 0 unspecified atom stereocenters. The molecule has 0 bridgehead atoms. The van der Waals surface area contributed by atoms with Crippen molar-refractivity contribution in [2.45, 2.75) is 6.42 Å². The van der Waals surface area contributed by atoms with Gasteiger partial charge in [-0.2, -0.15) is 0 Å². The molecule has 92 valence electrons. The second kappa shape index (κ2) is 5.83. The summed E-state index contributed by atoms with van der Waals surface area (Å²) in [5.41, 5.74) is 0.0172. The molecule has 0 fully saturated rings. The summed E-state index contributed by atoms with van der Waals surface area (Å²) in [7, 11) is 2.88. The summed E-state index contributed by atoms with van der Waals surface area (Å²) in [6, 6.07) is 2.78. The first-order valence-corrected chi connectivity index (χ1v) is 5.06. The van der Waals surface area contributed by atoms with Gasteiger partial charge in [0.25, 0.3) is 11.5 Å². The molecule has 1 N–H and O–H groups in total. The fraction of sp³-hybridized carbons (Fsp3) is 0.364. The van der Waals surface area contributed by atoms with Crippen LogP contribution in [-0.4, -0.2) is 30.1 Å². The topological polar surface area (TPSA) is 77.4 Å². The van der Waals surface area contributed by atoms with Crippen molar-refractivity contribution in [1.82, 2.24) is 9.88 Å². The molecule has 1 amide bonds. The van der Waals surface area contributed by atoms with Gasteiger partial charge in [0.15, 0.2) is 0 Å². The number of aryl methyl sites for hydroxylation is 1. The van der Waals surface area contributed by atoms with Crippen molar-refractivity contribution in [1.29, 1.82) is 0 Å². The average Bonchev–Trinajstić information content (AvgIpc) is 2.32. The monoisotopic (exact) mass is 238 g/mol. The van der Waals surface area contributed by atoms with Crippen molar-refractivity contribution >= 4 is 11.9 Å². The highest BCUT2D eigenvalue weighted by molar-refractivity contribution is 5.94. The highest BCUT2D eigenvalue weighted by Gasteiger charge is 2.07. The Balaban J connectivity index is 2.55. The lowest BCUT2D eigenvalue weighted by Gasteiger charge is -2.04. The van der Waals surface area contributed by atoms with E-state index >= 15 is 0 Å². The minimum Gasteiger partial charge on any atom is -0.469 e. The van der Waals surface area contributed by atoms with Gasteiger partial charge >= 0.3 is 5.97 Å². The maximum Gasteiger partial charge on any atom is 0.307 e. The van der Waals surface area contributed by atoms with Gasteiger partial charge in [0, 0.05) is 31.4 Å². The largest absolute Gasteiger partial charge is 0.469 e. The van der Waals surface area contributed by atoms with E-state index in [-0.39, 0.29) is 30.0 Å². The standard InChI is InChI=1S/C11H14N2O4/c1-13-6-4-8(7-9(13)14)11(16)12-5-3-10(15)17-2/h4,6-7H,3,5H2,1-2H3,(H,12,16). The van der Waals surface area contributed by atoms with E-state index in [1.54, 1.807) is 7.05 Å². The summed E-state index contributed by atoms with van der Waals surface area (Å²) in [6.45, 7) is 0.181. The fourth-order valence-corrected chi connectivity index (χ4v) is 1.17. The molecule has 0 atom stereocenters. The average molecular weight is 238 g/mol. The first kappa shape index (κ1) is 13.0. The van der Waals surface area contributed by atoms with E-state index in [0.29, 0.717) is 0 Å². The van der Waals surface area contributed by atoms with E-state index in [0.717, 1.165) is 0 Å². The van der Waals surface area contributed by atoms with Gasteiger partial charge < -0.3 is 14.6 Å². The van der Waals surface area contributed by atoms with Gasteiger partial charge in [-0.25, -0.2) is 0 Å². The third-order valence-electron chi connectivity index (χ3n) is 2.21. The quantitative estimate of drug-likeness (QED) is 0.729. The zero-order valence-corrected chi connectivity index (χ0v) is 9.73. The zero-order chi connectivity index (χ0) is 12.8. The first-order valence-electron chi connectivity index (χ1n) is 5.06. The van der Waals surface area contributed by atoms with Gasteiger partial charge in [-0.05, 0) is 6.07 Å². The fourth-order valence-electron chi connectivity index (χ4n) is 1.17. The highest BCUT2D eigenvalue weighted by atomic mass is 16.5. The van der Waals surface area contributed by atoms with Crippen LogP contribution in [0.4, 0.5) is 0 Å². The predicted molar refractivity (Wildman–Crippen MR) is 60.6 cm³/mol. The zero-order valence-electron chi connectivity index (χ0n) is 9.73. The SMILES string of the molecule is COC(=O)CCNC(=O)c1ccn(C)c(=O)c1. The number of carbonyl (C=O) groups is 2. The van der Waals surface area contributed by atoms with Gasteiger partial charge in [-0.3, -0.25) is 14.4 Å². The summed E-state index contributed by atoms with van der Waals surface area (Å²) in [5, 5.41) is 2.52. The van der Waals surface area contributed by atoms with Gasteiger partial charge in [0.05, 0.1) is 13.5 Å². The van der Waals surface area contributed by atoms with E-state index in [1.165, 1.54) is 30.0 Å². The van der Waals surface area contributed by atoms with E-state index in [9.17, 15) is 14.4 Å². The van der Waals surface area contributed by atoms with Crippen LogP contribution in [0.25, 0.3) is 0 Å². The smallest absolute Gasteiger partial charge is 0.307 e. The highest BCUT2D eigenvalue weighted by Crippen LogP contribution is 1.94. The van der Waals surface area contributed by atoms with Crippen LogP contribution < -0.4 is 10.9 Å². The minimum absolute atomic E-state index is 0.104. The van der Waals surface area contributed by atoms with E-state index < -0.39 is 5.97 Å². The lowest BCUT2D eigenvalue weighted by molar-refractivity contribution is -0.140. The van der Waals surface area contributed by atoms with Gasteiger partial charge in [0.2, 0.25) is 0 Å². The molecule has 0 aliphatic heterocycles. The third-order valence-corrected chi connectivity index (χ3v) is 2.21. The summed E-state index contributed by atoms with van der Waals surface area (Å²) in [5.74, 6) is -0.777. The molecule has 1 aromatic heterocycles. The van der Waals surface area contributed by atoms with Crippen molar-refractivity contribution in [3.63, 3.8) is 0 Å². The molecule has 0 saturated carbocycles. The second-order valence-corrected chi connectivity index (χ2v) is 3.45. The summed E-state index contributed by atoms with van der Waals surface area (Å²) < 4.78 is 5.80. The maximum atomic E-state index is 11.6. The van der Waals surface area contributed by atoms with Crippen LogP contribution in [0.3, 0.4) is 0 Å². The lowest BCUT2D eigenvalue weighted by Crippen LogP contribution is -2.28. The molecule has 1 aromatic rings. The molecular weight excluding hydrogens is 224 g/mol. The second-order valence-electron chi connectivity index (χ2n) is 3.45. The molecule has 0 aliphatic rings. The van der Waals surface area contributed by atoms with Crippen molar-refractivity contribution < 1.29 is 14.3 Å². The van der Waals surface area contributed by atoms with E-state index in [2.05, 4.69) is 10.1 Å². The normalized spacial score (nSPS) is 9.76. The Morgan fingerprint density at radius 1 is 1.47 bits per heavy atom. The maximum absolute atomic E-state index is 11.6. The van der Waals surface area contributed by atoms with Gasteiger partial charge in [0.1, 0.15) is 0 Å². The number of esters is 1. The molecule has 0 aromatic carbocycles. The Hall–Kier alpha value is -2.11. The lowest BCUT2D eigenvalue weighted by atomic mass is 10.2.